The molecule has 0 saturated carbocycles. The van der Waals surface area contributed by atoms with Crippen molar-refractivity contribution in [2.75, 3.05) is 34.2 Å². The van der Waals surface area contributed by atoms with E-state index < -0.39 is 0 Å². The Labute approximate surface area is 101 Å². The van der Waals surface area contributed by atoms with Gasteiger partial charge < -0.3 is 14.4 Å². The first-order chi connectivity index (χ1) is 7.91. The van der Waals surface area contributed by atoms with Gasteiger partial charge >= 0.3 is 0 Å². The summed E-state index contributed by atoms with van der Waals surface area (Å²) in [6, 6.07) is 3.03. The zero-order chi connectivity index (χ0) is 13.0. The largest absolute Gasteiger partial charge is 0.340 e. The van der Waals surface area contributed by atoms with Crippen molar-refractivity contribution in [1.82, 2.24) is 14.4 Å². The standard InChI is InChI=1S/C12H19N3O2/c1-13(2)7-8-15(4)12(17)10-5-6-14(3)11(16)9-10/h5-6,9H,7-8H2,1-4H3. The molecule has 0 aliphatic heterocycles. The number of amides is 1. The highest BCUT2D eigenvalue weighted by molar-refractivity contribution is 5.93. The minimum atomic E-state index is -0.170. The molecule has 5 heteroatoms. The first-order valence-corrected chi connectivity index (χ1v) is 5.48. The summed E-state index contributed by atoms with van der Waals surface area (Å²) in [5.74, 6) is -0.121. The van der Waals surface area contributed by atoms with Crippen molar-refractivity contribution in [3.05, 3.63) is 34.2 Å². The summed E-state index contributed by atoms with van der Waals surface area (Å²) in [6.45, 7) is 1.44. The predicted octanol–water partition coefficient (Wildman–Crippen LogP) is 0.0189. The maximum absolute atomic E-state index is 12.0. The van der Waals surface area contributed by atoms with Crippen LogP contribution in [0.3, 0.4) is 0 Å². The fraction of sp³-hybridized carbons (Fsp3) is 0.500. The quantitative estimate of drug-likeness (QED) is 0.741. The highest BCUT2D eigenvalue weighted by Crippen LogP contribution is 2.00. The van der Waals surface area contributed by atoms with Crippen LogP contribution in [0.25, 0.3) is 0 Å². The highest BCUT2D eigenvalue weighted by atomic mass is 16.2. The van der Waals surface area contributed by atoms with Crippen LogP contribution in [0.1, 0.15) is 10.4 Å². The Bertz CT molecular complexity index is 451. The monoisotopic (exact) mass is 237 g/mol. The predicted molar refractivity (Wildman–Crippen MR) is 67.2 cm³/mol. The average molecular weight is 237 g/mol. The number of nitrogens with zero attached hydrogens (tertiary/aromatic N) is 3. The fourth-order valence-corrected chi connectivity index (χ4v) is 1.35. The van der Waals surface area contributed by atoms with E-state index in [-0.39, 0.29) is 11.5 Å². The second-order valence-electron chi connectivity index (χ2n) is 4.39. The van der Waals surface area contributed by atoms with Gasteiger partial charge in [0.2, 0.25) is 0 Å². The molecule has 0 bridgehead atoms. The third-order valence-corrected chi connectivity index (χ3v) is 2.58. The molecule has 0 atom stereocenters. The number of hydrogen-bond donors (Lipinski definition) is 0. The van der Waals surface area contributed by atoms with E-state index in [1.807, 2.05) is 19.0 Å². The zero-order valence-electron chi connectivity index (χ0n) is 10.8. The Hall–Kier alpha value is -1.62. The minimum Gasteiger partial charge on any atom is -0.340 e. The summed E-state index contributed by atoms with van der Waals surface area (Å²) < 4.78 is 1.44. The smallest absolute Gasteiger partial charge is 0.253 e. The molecule has 17 heavy (non-hydrogen) atoms. The van der Waals surface area contributed by atoms with E-state index in [1.165, 1.54) is 10.6 Å². The lowest BCUT2D eigenvalue weighted by molar-refractivity contribution is 0.0786. The second-order valence-corrected chi connectivity index (χ2v) is 4.39. The molecule has 0 N–H and O–H groups in total. The van der Waals surface area contributed by atoms with Gasteiger partial charge in [0.1, 0.15) is 0 Å². The summed E-state index contributed by atoms with van der Waals surface area (Å²) >= 11 is 0. The molecular formula is C12H19N3O2. The molecule has 0 fully saturated rings. The average Bonchev–Trinajstić information content (AvgIpc) is 2.28. The van der Waals surface area contributed by atoms with Gasteiger partial charge in [-0.15, -0.1) is 0 Å². The molecule has 1 amide bonds. The maximum Gasteiger partial charge on any atom is 0.253 e. The Morgan fingerprint density at radius 2 is 1.94 bits per heavy atom. The van der Waals surface area contributed by atoms with Crippen molar-refractivity contribution < 1.29 is 4.79 Å². The molecule has 1 heterocycles. The van der Waals surface area contributed by atoms with Crippen molar-refractivity contribution in [2.24, 2.45) is 7.05 Å². The van der Waals surface area contributed by atoms with Crippen LogP contribution in [0, 0.1) is 0 Å². The zero-order valence-corrected chi connectivity index (χ0v) is 10.8. The van der Waals surface area contributed by atoms with E-state index in [0.717, 1.165) is 6.54 Å². The molecule has 0 aliphatic carbocycles. The number of carbonyl (C=O) groups excluding carboxylic acids is 1. The Kier molecular flexibility index (Phi) is 4.45. The molecular weight excluding hydrogens is 218 g/mol. The molecule has 0 radical (unpaired) electrons. The highest BCUT2D eigenvalue weighted by Gasteiger charge is 2.12. The van der Waals surface area contributed by atoms with Crippen molar-refractivity contribution >= 4 is 5.91 Å². The van der Waals surface area contributed by atoms with E-state index in [0.29, 0.717) is 12.1 Å². The second kappa shape index (κ2) is 5.63. The van der Waals surface area contributed by atoms with Crippen LogP contribution in [-0.2, 0) is 7.05 Å². The van der Waals surface area contributed by atoms with Crippen LogP contribution in [-0.4, -0.2) is 54.5 Å². The van der Waals surface area contributed by atoms with Crippen LogP contribution in [0.15, 0.2) is 23.1 Å². The number of likely N-dealkylation sites (N-methyl/N-ethyl adjacent to an activating group) is 2. The number of hydrogen-bond acceptors (Lipinski definition) is 3. The molecule has 0 aliphatic rings. The van der Waals surface area contributed by atoms with Crippen LogP contribution < -0.4 is 5.56 Å². The number of carbonyl (C=O) groups is 1. The lowest BCUT2D eigenvalue weighted by Gasteiger charge is -2.19. The number of aromatic nitrogens is 1. The summed E-state index contributed by atoms with van der Waals surface area (Å²) in [5, 5.41) is 0. The normalized spacial score (nSPS) is 10.6. The van der Waals surface area contributed by atoms with Gasteiger partial charge in [0.05, 0.1) is 0 Å². The number of rotatable bonds is 4. The van der Waals surface area contributed by atoms with E-state index in [9.17, 15) is 9.59 Å². The fourth-order valence-electron chi connectivity index (χ4n) is 1.35. The van der Waals surface area contributed by atoms with Crippen LogP contribution in [0.2, 0.25) is 0 Å². The maximum atomic E-state index is 12.0. The van der Waals surface area contributed by atoms with Crippen molar-refractivity contribution in [2.45, 2.75) is 0 Å². The van der Waals surface area contributed by atoms with Gasteiger partial charge in [-0.25, -0.2) is 0 Å². The third-order valence-electron chi connectivity index (χ3n) is 2.58. The molecule has 0 saturated heterocycles. The van der Waals surface area contributed by atoms with Crippen LogP contribution in [0.5, 0.6) is 0 Å². The van der Waals surface area contributed by atoms with Gasteiger partial charge in [0, 0.05) is 45.0 Å². The van der Waals surface area contributed by atoms with Crippen LogP contribution in [0.4, 0.5) is 0 Å². The first-order valence-electron chi connectivity index (χ1n) is 5.48. The number of pyridine rings is 1. The lowest BCUT2D eigenvalue weighted by atomic mass is 10.2. The molecule has 0 spiro atoms. The molecule has 5 nitrogen and oxygen atoms in total. The SMILES string of the molecule is CN(C)CCN(C)C(=O)c1ccn(C)c(=O)c1. The van der Waals surface area contributed by atoms with E-state index in [4.69, 9.17) is 0 Å². The minimum absolute atomic E-state index is 0.121. The van der Waals surface area contributed by atoms with E-state index in [2.05, 4.69) is 0 Å². The van der Waals surface area contributed by atoms with Crippen molar-refractivity contribution in [1.29, 1.82) is 0 Å². The topological polar surface area (TPSA) is 45.5 Å². The summed E-state index contributed by atoms with van der Waals surface area (Å²) in [4.78, 5) is 27.0. The van der Waals surface area contributed by atoms with E-state index in [1.54, 1.807) is 31.3 Å². The summed E-state index contributed by atoms with van der Waals surface area (Å²) in [6.07, 6.45) is 1.61. The first kappa shape index (κ1) is 13.4. The van der Waals surface area contributed by atoms with E-state index >= 15 is 0 Å². The van der Waals surface area contributed by atoms with Gasteiger partial charge in [0.25, 0.3) is 11.5 Å². The summed E-state index contributed by atoms with van der Waals surface area (Å²) in [5.41, 5.74) is 0.270. The van der Waals surface area contributed by atoms with Gasteiger partial charge in [-0.05, 0) is 20.2 Å². The third kappa shape index (κ3) is 3.71. The lowest BCUT2D eigenvalue weighted by Crippen LogP contribution is -2.34. The molecule has 0 unspecified atom stereocenters. The van der Waals surface area contributed by atoms with Gasteiger partial charge in [0.15, 0.2) is 0 Å². The van der Waals surface area contributed by atoms with Gasteiger partial charge in [-0.1, -0.05) is 0 Å². The van der Waals surface area contributed by atoms with Crippen molar-refractivity contribution in [3.63, 3.8) is 0 Å². The Balaban J connectivity index is 2.75. The molecule has 1 aromatic heterocycles. The van der Waals surface area contributed by atoms with Crippen LogP contribution >= 0.6 is 0 Å². The molecule has 1 aromatic rings. The van der Waals surface area contributed by atoms with Crippen molar-refractivity contribution in [3.8, 4) is 0 Å². The Morgan fingerprint density at radius 1 is 1.29 bits per heavy atom. The van der Waals surface area contributed by atoms with Gasteiger partial charge in [-0.3, -0.25) is 9.59 Å². The van der Waals surface area contributed by atoms with Gasteiger partial charge in [-0.2, -0.15) is 0 Å². The Morgan fingerprint density at radius 3 is 2.47 bits per heavy atom. The molecule has 1 rings (SSSR count). The molecule has 94 valence electrons. The summed E-state index contributed by atoms with van der Waals surface area (Å²) in [7, 11) is 7.31. The molecule has 0 aromatic carbocycles. The number of aryl methyl sites for hydroxylation is 1.